The Bertz CT molecular complexity index is 692. The Morgan fingerprint density at radius 2 is 2.00 bits per heavy atom. The number of carboxylic acids is 1. The molecule has 4 nitrogen and oxygen atoms in total. The number of nitrogens with zero attached hydrogens (tertiary/aromatic N) is 1. The zero-order valence-electron chi connectivity index (χ0n) is 10.3. The summed E-state index contributed by atoms with van der Waals surface area (Å²) in [5.41, 5.74) is 1.02. The lowest BCUT2D eigenvalue weighted by atomic mass is 10.1. The number of aliphatic carboxylic acids is 1. The van der Waals surface area contributed by atoms with Crippen LogP contribution in [0.4, 0.5) is 0 Å². The zero-order valence-corrected chi connectivity index (χ0v) is 11.1. The van der Waals surface area contributed by atoms with Crippen molar-refractivity contribution in [1.29, 1.82) is 5.26 Å². The first kappa shape index (κ1) is 13.9. The summed E-state index contributed by atoms with van der Waals surface area (Å²) in [6.07, 6.45) is -0.0642. The Hall–Kier alpha value is -2.51. The number of nitriles is 1. The molecule has 0 saturated heterocycles. The Kier molecular flexibility index (Phi) is 4.24. The third-order valence-corrected chi connectivity index (χ3v) is 2.86. The number of ether oxygens (including phenoxy) is 1. The minimum atomic E-state index is -0.899. The summed E-state index contributed by atoms with van der Waals surface area (Å²) in [6.45, 7) is 0. The first-order chi connectivity index (χ1) is 9.58. The highest BCUT2D eigenvalue weighted by Gasteiger charge is 2.05. The van der Waals surface area contributed by atoms with Gasteiger partial charge >= 0.3 is 5.97 Å². The maximum atomic E-state index is 10.7. The topological polar surface area (TPSA) is 70.3 Å². The molecule has 5 heteroatoms. The average molecular weight is 288 g/mol. The van der Waals surface area contributed by atoms with E-state index in [-0.39, 0.29) is 6.42 Å². The van der Waals surface area contributed by atoms with E-state index in [9.17, 15) is 4.79 Å². The van der Waals surface area contributed by atoms with Crippen molar-refractivity contribution in [2.24, 2.45) is 0 Å². The van der Waals surface area contributed by atoms with Crippen LogP contribution in [-0.2, 0) is 11.2 Å². The van der Waals surface area contributed by atoms with Gasteiger partial charge in [0.15, 0.2) is 0 Å². The number of carbonyl (C=O) groups is 1. The van der Waals surface area contributed by atoms with Crippen LogP contribution in [0, 0.1) is 11.3 Å². The van der Waals surface area contributed by atoms with E-state index >= 15 is 0 Å². The zero-order chi connectivity index (χ0) is 14.5. The van der Waals surface area contributed by atoms with Gasteiger partial charge in [0.2, 0.25) is 0 Å². The summed E-state index contributed by atoms with van der Waals surface area (Å²) in [4.78, 5) is 10.7. The fourth-order valence-corrected chi connectivity index (χ4v) is 1.89. The van der Waals surface area contributed by atoms with E-state index in [0.717, 1.165) is 0 Å². The van der Waals surface area contributed by atoms with Gasteiger partial charge in [-0.1, -0.05) is 23.7 Å². The Labute approximate surface area is 120 Å². The van der Waals surface area contributed by atoms with Crippen LogP contribution in [0.2, 0.25) is 5.02 Å². The van der Waals surface area contributed by atoms with Crippen molar-refractivity contribution in [2.45, 2.75) is 6.42 Å². The molecule has 2 rings (SSSR count). The molecule has 100 valence electrons. The molecule has 0 heterocycles. The highest BCUT2D eigenvalue weighted by atomic mass is 35.5. The molecule has 0 aliphatic rings. The predicted molar refractivity (Wildman–Crippen MR) is 74.0 cm³/mol. The minimum Gasteiger partial charge on any atom is -0.481 e. The second-order valence-corrected chi connectivity index (χ2v) is 4.48. The molecule has 0 bridgehead atoms. The van der Waals surface area contributed by atoms with Gasteiger partial charge < -0.3 is 9.84 Å². The normalized spacial score (nSPS) is 9.80. The molecule has 1 N–H and O–H groups in total. The largest absolute Gasteiger partial charge is 0.481 e. The van der Waals surface area contributed by atoms with Crippen LogP contribution in [0.3, 0.4) is 0 Å². The molecule has 0 atom stereocenters. The molecular formula is C15H10ClNO3. The summed E-state index contributed by atoms with van der Waals surface area (Å²) in [5, 5.41) is 17.9. The molecule has 0 spiro atoms. The third kappa shape index (κ3) is 3.50. The SMILES string of the molecule is N#Cc1ccc(Oc2cccc(CC(=O)O)c2)cc1Cl. The van der Waals surface area contributed by atoms with Gasteiger partial charge in [-0.15, -0.1) is 0 Å². The van der Waals surface area contributed by atoms with Gasteiger partial charge in [0.05, 0.1) is 17.0 Å². The van der Waals surface area contributed by atoms with Crippen molar-refractivity contribution in [2.75, 3.05) is 0 Å². The van der Waals surface area contributed by atoms with E-state index in [1.807, 2.05) is 6.07 Å². The second kappa shape index (κ2) is 6.09. The molecule has 0 unspecified atom stereocenters. The summed E-state index contributed by atoms with van der Waals surface area (Å²) < 4.78 is 5.59. The van der Waals surface area contributed by atoms with E-state index in [1.54, 1.807) is 42.5 Å². The van der Waals surface area contributed by atoms with E-state index in [1.165, 1.54) is 0 Å². The summed E-state index contributed by atoms with van der Waals surface area (Å²) >= 11 is 5.92. The molecule has 2 aromatic carbocycles. The maximum absolute atomic E-state index is 10.7. The molecule has 0 aliphatic heterocycles. The molecule has 0 radical (unpaired) electrons. The minimum absolute atomic E-state index is 0.0642. The Morgan fingerprint density at radius 1 is 1.25 bits per heavy atom. The van der Waals surface area contributed by atoms with Gasteiger partial charge in [-0.25, -0.2) is 0 Å². The molecule has 20 heavy (non-hydrogen) atoms. The summed E-state index contributed by atoms with van der Waals surface area (Å²) in [6, 6.07) is 13.5. The Balaban J connectivity index is 2.20. The molecule has 0 saturated carbocycles. The summed E-state index contributed by atoms with van der Waals surface area (Å²) in [7, 11) is 0. The Morgan fingerprint density at radius 3 is 2.65 bits per heavy atom. The maximum Gasteiger partial charge on any atom is 0.307 e. The lowest BCUT2D eigenvalue weighted by Crippen LogP contribution is -1.99. The highest BCUT2D eigenvalue weighted by molar-refractivity contribution is 6.31. The van der Waals surface area contributed by atoms with Crippen molar-refractivity contribution in [3.63, 3.8) is 0 Å². The molecule has 0 aromatic heterocycles. The van der Waals surface area contributed by atoms with E-state index in [2.05, 4.69) is 0 Å². The number of benzene rings is 2. The van der Waals surface area contributed by atoms with E-state index in [0.29, 0.717) is 27.6 Å². The number of hydrogen-bond acceptors (Lipinski definition) is 3. The molecule has 0 fully saturated rings. The van der Waals surface area contributed by atoms with Crippen molar-refractivity contribution in [3.8, 4) is 17.6 Å². The quantitative estimate of drug-likeness (QED) is 0.932. The van der Waals surface area contributed by atoms with Crippen molar-refractivity contribution < 1.29 is 14.6 Å². The van der Waals surface area contributed by atoms with Gasteiger partial charge in [0.25, 0.3) is 0 Å². The van der Waals surface area contributed by atoms with Crippen LogP contribution >= 0.6 is 11.6 Å². The molecule has 0 amide bonds. The van der Waals surface area contributed by atoms with E-state index in [4.69, 9.17) is 26.7 Å². The van der Waals surface area contributed by atoms with Crippen LogP contribution in [-0.4, -0.2) is 11.1 Å². The fourth-order valence-electron chi connectivity index (χ4n) is 1.68. The predicted octanol–water partition coefficient (Wildman–Crippen LogP) is 3.63. The van der Waals surface area contributed by atoms with E-state index < -0.39 is 5.97 Å². The van der Waals surface area contributed by atoms with Crippen molar-refractivity contribution >= 4 is 17.6 Å². The van der Waals surface area contributed by atoms with Crippen molar-refractivity contribution in [3.05, 3.63) is 58.6 Å². The van der Waals surface area contributed by atoms with Crippen LogP contribution in [0.1, 0.15) is 11.1 Å². The highest BCUT2D eigenvalue weighted by Crippen LogP contribution is 2.27. The van der Waals surface area contributed by atoms with Crippen LogP contribution in [0.5, 0.6) is 11.5 Å². The number of rotatable bonds is 4. The monoisotopic (exact) mass is 287 g/mol. The number of halogens is 1. The van der Waals surface area contributed by atoms with Gasteiger partial charge in [-0.2, -0.15) is 5.26 Å². The standard InChI is InChI=1S/C15H10ClNO3/c16-14-8-13(5-4-11(14)9-17)20-12-3-1-2-10(6-12)7-15(18)19/h1-6,8H,7H2,(H,18,19). The van der Waals surface area contributed by atoms with Crippen molar-refractivity contribution in [1.82, 2.24) is 0 Å². The summed E-state index contributed by atoms with van der Waals surface area (Å²) in [5.74, 6) is 0.106. The molecular weight excluding hydrogens is 278 g/mol. The van der Waals surface area contributed by atoms with Crippen LogP contribution in [0.15, 0.2) is 42.5 Å². The van der Waals surface area contributed by atoms with Gasteiger partial charge in [0.1, 0.15) is 17.6 Å². The first-order valence-corrected chi connectivity index (χ1v) is 6.14. The van der Waals surface area contributed by atoms with Gasteiger partial charge in [0, 0.05) is 6.07 Å². The van der Waals surface area contributed by atoms with Crippen LogP contribution in [0.25, 0.3) is 0 Å². The smallest absolute Gasteiger partial charge is 0.307 e. The average Bonchev–Trinajstić information content (AvgIpc) is 2.38. The number of carboxylic acid groups (broad SMARTS) is 1. The lowest BCUT2D eigenvalue weighted by Gasteiger charge is -2.07. The lowest BCUT2D eigenvalue weighted by molar-refractivity contribution is -0.136. The van der Waals surface area contributed by atoms with Crippen LogP contribution < -0.4 is 4.74 Å². The number of hydrogen-bond donors (Lipinski definition) is 1. The second-order valence-electron chi connectivity index (χ2n) is 4.07. The van der Waals surface area contributed by atoms with Gasteiger partial charge in [-0.3, -0.25) is 4.79 Å². The molecule has 2 aromatic rings. The molecule has 0 aliphatic carbocycles. The third-order valence-electron chi connectivity index (χ3n) is 2.55. The fraction of sp³-hybridized carbons (Fsp3) is 0.0667. The van der Waals surface area contributed by atoms with Gasteiger partial charge in [-0.05, 0) is 29.8 Å². The first-order valence-electron chi connectivity index (χ1n) is 5.77.